The van der Waals surface area contributed by atoms with Crippen molar-refractivity contribution in [3.8, 4) is 0 Å². The third kappa shape index (κ3) is 2.84. The minimum atomic E-state index is 0. The number of nitrogens with zero attached hydrogens (tertiary/aromatic N) is 2. The second kappa shape index (κ2) is 5.70. The van der Waals surface area contributed by atoms with Crippen LogP contribution in [-0.4, -0.2) is 48.6 Å². The molecule has 1 spiro atoms. The molecule has 80 valence electrons. The van der Waals surface area contributed by atoms with Gasteiger partial charge in [-0.15, -0.1) is 13.1 Å². The molecule has 0 saturated carbocycles. The van der Waals surface area contributed by atoms with Gasteiger partial charge in [0.2, 0.25) is 0 Å². The van der Waals surface area contributed by atoms with Crippen molar-refractivity contribution in [1.82, 2.24) is 4.90 Å². The van der Waals surface area contributed by atoms with Gasteiger partial charge in [0, 0.05) is 18.3 Å². The molecule has 3 saturated heterocycles. The number of hydrogen-bond donors (Lipinski definition) is 0. The predicted octanol–water partition coefficient (Wildman–Crippen LogP) is -1.03. The summed E-state index contributed by atoms with van der Waals surface area (Å²) in [5, 5.41) is 4.55. The van der Waals surface area contributed by atoms with Crippen LogP contribution in [0.1, 0.15) is 19.3 Å². The van der Waals surface area contributed by atoms with Crippen LogP contribution in [0, 0.1) is 5.41 Å². The number of hydrogen-bond acceptors (Lipinski definition) is 2. The first-order valence-electron chi connectivity index (χ1n) is 5.83. The Morgan fingerprint density at radius 2 is 2.27 bits per heavy atom. The monoisotopic (exact) mass is 250 g/mol. The number of thioether (sulfide) groups is 1. The van der Waals surface area contributed by atoms with E-state index in [2.05, 4.69) is 22.0 Å². The first-order valence-corrected chi connectivity index (χ1v) is 6.99. The van der Waals surface area contributed by atoms with Gasteiger partial charge in [0.25, 0.3) is 0 Å². The topological polar surface area (TPSA) is 17.3 Å². The summed E-state index contributed by atoms with van der Waals surface area (Å²) in [6.45, 7) is 4.99. The molecule has 0 aromatic carbocycles. The van der Waals surface area contributed by atoms with Crippen LogP contribution in [0.3, 0.4) is 0 Å². The van der Waals surface area contributed by atoms with E-state index in [0.717, 1.165) is 19.1 Å². The maximum Gasteiger partial charge on any atom is 1.00 e. The second-order valence-corrected chi connectivity index (χ2v) is 6.24. The summed E-state index contributed by atoms with van der Waals surface area (Å²) in [5.74, 6) is 2.77. The summed E-state index contributed by atoms with van der Waals surface area (Å²) in [6, 6.07) is 0.903. The molecule has 3 aliphatic heterocycles. The van der Waals surface area contributed by atoms with Gasteiger partial charge >= 0.3 is 51.4 Å². The van der Waals surface area contributed by atoms with Gasteiger partial charge in [-0.2, -0.15) is 11.8 Å². The summed E-state index contributed by atoms with van der Waals surface area (Å²) >= 11 is 2.13. The third-order valence-electron chi connectivity index (χ3n) is 4.14. The number of likely N-dealkylation sites (tertiary alicyclic amines) is 1. The van der Waals surface area contributed by atoms with Crippen LogP contribution in [0.2, 0.25) is 0 Å². The maximum atomic E-state index is 4.55. The molecule has 3 heterocycles. The van der Waals surface area contributed by atoms with Crippen LogP contribution in [0.4, 0.5) is 0 Å². The average Bonchev–Trinajstić information content (AvgIpc) is 2.91. The SMILES string of the molecule is C1CC2(CCN(C3CCSC3)C2)C[N-]1.[K+]. The quantitative estimate of drug-likeness (QED) is 0.554. The van der Waals surface area contributed by atoms with Crippen molar-refractivity contribution in [2.45, 2.75) is 25.3 Å². The van der Waals surface area contributed by atoms with Gasteiger partial charge in [-0.1, -0.05) is 6.42 Å². The van der Waals surface area contributed by atoms with Crippen molar-refractivity contribution in [2.24, 2.45) is 5.41 Å². The van der Waals surface area contributed by atoms with Crippen molar-refractivity contribution in [3.63, 3.8) is 0 Å². The van der Waals surface area contributed by atoms with Crippen molar-refractivity contribution in [1.29, 1.82) is 0 Å². The molecule has 0 bridgehead atoms. The van der Waals surface area contributed by atoms with Gasteiger partial charge in [0.1, 0.15) is 0 Å². The fourth-order valence-electron chi connectivity index (χ4n) is 3.14. The van der Waals surface area contributed by atoms with E-state index in [4.69, 9.17) is 0 Å². The predicted molar refractivity (Wildman–Crippen MR) is 62.1 cm³/mol. The Morgan fingerprint density at radius 3 is 2.93 bits per heavy atom. The molecular weight excluding hydrogens is 231 g/mol. The fourth-order valence-corrected chi connectivity index (χ4v) is 4.39. The van der Waals surface area contributed by atoms with Gasteiger partial charge in [0.05, 0.1) is 0 Å². The van der Waals surface area contributed by atoms with E-state index in [-0.39, 0.29) is 51.4 Å². The summed E-state index contributed by atoms with van der Waals surface area (Å²) in [4.78, 5) is 2.75. The molecule has 0 radical (unpaired) electrons. The van der Waals surface area contributed by atoms with E-state index >= 15 is 0 Å². The molecule has 2 unspecified atom stereocenters. The zero-order valence-corrected chi connectivity index (χ0v) is 13.7. The van der Waals surface area contributed by atoms with Gasteiger partial charge < -0.3 is 5.32 Å². The van der Waals surface area contributed by atoms with E-state index in [9.17, 15) is 0 Å². The van der Waals surface area contributed by atoms with Crippen LogP contribution in [-0.2, 0) is 0 Å². The fraction of sp³-hybridized carbons (Fsp3) is 1.00. The summed E-state index contributed by atoms with van der Waals surface area (Å²) in [7, 11) is 0. The summed E-state index contributed by atoms with van der Waals surface area (Å²) < 4.78 is 0. The Bertz CT molecular complexity index is 213. The average molecular weight is 250 g/mol. The second-order valence-electron chi connectivity index (χ2n) is 5.09. The van der Waals surface area contributed by atoms with E-state index in [1.807, 2.05) is 0 Å². The van der Waals surface area contributed by atoms with Crippen LogP contribution in [0.25, 0.3) is 5.32 Å². The van der Waals surface area contributed by atoms with E-state index < -0.39 is 0 Å². The molecule has 3 rings (SSSR count). The standard InChI is InChI=1S/C11H19N2S.K/c1-6-14-7-10(1)13-5-3-11(9-13)2-4-12-8-11;/h10H,1-9H2;/q-1;+1. The zero-order chi connectivity index (χ0) is 9.43. The Kier molecular flexibility index (Phi) is 5.07. The smallest absolute Gasteiger partial charge is 0.662 e. The molecule has 3 fully saturated rings. The summed E-state index contributed by atoms with van der Waals surface area (Å²) in [6.07, 6.45) is 4.21. The normalized spacial score (nSPS) is 41.2. The molecule has 0 N–H and O–H groups in total. The van der Waals surface area contributed by atoms with Crippen molar-refractivity contribution in [3.05, 3.63) is 5.32 Å². The van der Waals surface area contributed by atoms with Gasteiger partial charge in [-0.3, -0.25) is 4.90 Å². The largest absolute Gasteiger partial charge is 1.00 e. The maximum absolute atomic E-state index is 4.55. The van der Waals surface area contributed by atoms with Gasteiger partial charge in [-0.25, -0.2) is 0 Å². The van der Waals surface area contributed by atoms with E-state index in [1.165, 1.54) is 43.9 Å². The molecular formula is C11H19KN2S. The molecule has 2 atom stereocenters. The molecule has 0 amide bonds. The van der Waals surface area contributed by atoms with Crippen molar-refractivity contribution in [2.75, 3.05) is 37.7 Å². The Hall–Kier alpha value is 1.91. The first kappa shape index (κ1) is 13.3. The number of rotatable bonds is 1. The Labute approximate surface area is 140 Å². The molecule has 0 aliphatic carbocycles. The third-order valence-corrected chi connectivity index (χ3v) is 5.28. The molecule has 3 aliphatic rings. The first-order chi connectivity index (χ1) is 6.88. The van der Waals surface area contributed by atoms with Crippen molar-refractivity contribution >= 4 is 11.8 Å². The molecule has 4 heteroatoms. The van der Waals surface area contributed by atoms with E-state index in [0.29, 0.717) is 5.41 Å². The molecule has 15 heavy (non-hydrogen) atoms. The van der Waals surface area contributed by atoms with Gasteiger partial charge in [0.15, 0.2) is 0 Å². The molecule has 0 aromatic heterocycles. The molecule has 0 aromatic rings. The minimum absolute atomic E-state index is 0. The van der Waals surface area contributed by atoms with Crippen LogP contribution < -0.4 is 51.4 Å². The van der Waals surface area contributed by atoms with Crippen LogP contribution in [0.5, 0.6) is 0 Å². The zero-order valence-electron chi connectivity index (χ0n) is 9.74. The summed E-state index contributed by atoms with van der Waals surface area (Å²) in [5.41, 5.74) is 0.618. The Balaban J connectivity index is 0.000000853. The van der Waals surface area contributed by atoms with Crippen LogP contribution in [0.15, 0.2) is 0 Å². The molecule has 2 nitrogen and oxygen atoms in total. The van der Waals surface area contributed by atoms with Gasteiger partial charge in [-0.05, 0) is 30.6 Å². The minimum Gasteiger partial charge on any atom is -0.662 e. The van der Waals surface area contributed by atoms with E-state index in [1.54, 1.807) is 0 Å². The van der Waals surface area contributed by atoms with Crippen LogP contribution >= 0.6 is 11.8 Å². The Morgan fingerprint density at radius 1 is 1.33 bits per heavy atom. The van der Waals surface area contributed by atoms with Crippen molar-refractivity contribution < 1.29 is 51.4 Å².